The molecule has 15 heavy (non-hydrogen) atoms. The van der Waals surface area contributed by atoms with Crippen molar-refractivity contribution in [2.24, 2.45) is 5.73 Å². The molecular weight excluding hydrogens is 188 g/mol. The lowest BCUT2D eigenvalue weighted by molar-refractivity contribution is -0.119. The van der Waals surface area contributed by atoms with Crippen LogP contribution in [0.1, 0.15) is 59.3 Å². The summed E-state index contributed by atoms with van der Waals surface area (Å²) in [6.45, 7) is 7.23. The van der Waals surface area contributed by atoms with E-state index in [-0.39, 0.29) is 11.4 Å². The minimum Gasteiger partial charge on any atom is -0.370 e. The van der Waals surface area contributed by atoms with Crippen LogP contribution in [0.25, 0.3) is 0 Å². The van der Waals surface area contributed by atoms with Gasteiger partial charge in [-0.25, -0.2) is 0 Å². The third-order valence-electron chi connectivity index (χ3n) is 2.50. The summed E-state index contributed by atoms with van der Waals surface area (Å²) in [7, 11) is 0. The highest BCUT2D eigenvalue weighted by Gasteiger charge is 2.18. The van der Waals surface area contributed by atoms with Crippen LogP contribution >= 0.6 is 0 Å². The van der Waals surface area contributed by atoms with Gasteiger partial charge < -0.3 is 11.1 Å². The van der Waals surface area contributed by atoms with Crippen molar-refractivity contribution in [3.8, 4) is 0 Å². The summed E-state index contributed by atoms with van der Waals surface area (Å²) in [6, 6.07) is 0. The molecule has 0 aliphatic heterocycles. The van der Waals surface area contributed by atoms with Gasteiger partial charge in [0.25, 0.3) is 0 Å². The van der Waals surface area contributed by atoms with Crippen LogP contribution in [0, 0.1) is 0 Å². The predicted molar refractivity (Wildman–Crippen MR) is 64.7 cm³/mol. The molecule has 0 saturated carbocycles. The minimum absolute atomic E-state index is 0.156. The van der Waals surface area contributed by atoms with Crippen LogP contribution in [0.15, 0.2) is 0 Å². The van der Waals surface area contributed by atoms with E-state index in [1.165, 1.54) is 32.1 Å². The summed E-state index contributed by atoms with van der Waals surface area (Å²) in [5.41, 5.74) is 5.01. The van der Waals surface area contributed by atoms with Crippen LogP contribution in [-0.4, -0.2) is 18.0 Å². The van der Waals surface area contributed by atoms with Crippen molar-refractivity contribution in [1.82, 2.24) is 5.32 Å². The highest BCUT2D eigenvalue weighted by molar-refractivity contribution is 5.74. The maximum Gasteiger partial charge on any atom is 0.219 e. The molecule has 0 aliphatic carbocycles. The van der Waals surface area contributed by atoms with Gasteiger partial charge in [0.15, 0.2) is 0 Å². The van der Waals surface area contributed by atoms with Crippen molar-refractivity contribution >= 4 is 5.91 Å². The summed E-state index contributed by atoms with van der Waals surface area (Å²) in [6.07, 6.45) is 6.78. The van der Waals surface area contributed by atoms with Crippen molar-refractivity contribution in [3.63, 3.8) is 0 Å². The Hall–Kier alpha value is -0.570. The maximum absolute atomic E-state index is 10.8. The quantitative estimate of drug-likeness (QED) is 0.578. The van der Waals surface area contributed by atoms with E-state index in [2.05, 4.69) is 12.2 Å². The lowest BCUT2D eigenvalue weighted by atomic mass is 10.00. The topological polar surface area (TPSA) is 55.1 Å². The molecule has 0 unspecified atom stereocenters. The van der Waals surface area contributed by atoms with E-state index in [1.54, 1.807) is 0 Å². The number of unbranched alkanes of at least 4 members (excludes halogenated alkanes) is 4. The first-order chi connectivity index (χ1) is 6.98. The van der Waals surface area contributed by atoms with E-state index >= 15 is 0 Å². The molecule has 3 N–H and O–H groups in total. The van der Waals surface area contributed by atoms with Crippen molar-refractivity contribution in [3.05, 3.63) is 0 Å². The molecule has 0 saturated heterocycles. The number of primary amides is 1. The van der Waals surface area contributed by atoms with Gasteiger partial charge in [-0.2, -0.15) is 0 Å². The van der Waals surface area contributed by atoms with E-state index < -0.39 is 0 Å². The standard InChI is InChI=1S/C12H26N2O/c1-4-5-6-7-8-9-14-12(2,3)10-11(13)15/h14H,4-10H2,1-3H3,(H2,13,15). The normalized spacial score (nSPS) is 11.7. The van der Waals surface area contributed by atoms with Crippen LogP contribution in [0.4, 0.5) is 0 Å². The smallest absolute Gasteiger partial charge is 0.219 e. The molecule has 1 amide bonds. The Morgan fingerprint density at radius 1 is 1.20 bits per heavy atom. The number of amides is 1. The molecule has 0 rings (SSSR count). The molecule has 3 heteroatoms. The van der Waals surface area contributed by atoms with Crippen LogP contribution in [0.2, 0.25) is 0 Å². The molecule has 0 aliphatic rings. The lowest BCUT2D eigenvalue weighted by Crippen LogP contribution is -2.43. The SMILES string of the molecule is CCCCCCCNC(C)(C)CC(N)=O. The summed E-state index contributed by atoms with van der Waals surface area (Å²) in [4.78, 5) is 10.8. The van der Waals surface area contributed by atoms with Crippen LogP contribution in [0.3, 0.4) is 0 Å². The fourth-order valence-corrected chi connectivity index (χ4v) is 1.65. The van der Waals surface area contributed by atoms with Gasteiger partial charge in [-0.1, -0.05) is 32.6 Å². The predicted octanol–water partition coefficient (Wildman–Crippen LogP) is 2.20. The van der Waals surface area contributed by atoms with Gasteiger partial charge in [-0.15, -0.1) is 0 Å². The monoisotopic (exact) mass is 214 g/mol. The van der Waals surface area contributed by atoms with Crippen molar-refractivity contribution in [1.29, 1.82) is 0 Å². The van der Waals surface area contributed by atoms with Gasteiger partial charge in [0.05, 0.1) is 0 Å². The Kier molecular flexibility index (Phi) is 7.39. The summed E-state index contributed by atoms with van der Waals surface area (Å²) >= 11 is 0. The van der Waals surface area contributed by atoms with Gasteiger partial charge in [0.1, 0.15) is 0 Å². The third kappa shape index (κ3) is 9.73. The average Bonchev–Trinajstić information content (AvgIpc) is 2.08. The van der Waals surface area contributed by atoms with Gasteiger partial charge in [0.2, 0.25) is 5.91 Å². The number of rotatable bonds is 9. The third-order valence-corrected chi connectivity index (χ3v) is 2.50. The number of hydrogen-bond acceptors (Lipinski definition) is 2. The molecule has 0 bridgehead atoms. The van der Waals surface area contributed by atoms with E-state index in [0.29, 0.717) is 6.42 Å². The van der Waals surface area contributed by atoms with Crippen LogP contribution < -0.4 is 11.1 Å². The molecule has 0 aromatic heterocycles. The maximum atomic E-state index is 10.8. The fraction of sp³-hybridized carbons (Fsp3) is 0.917. The minimum atomic E-state index is -0.238. The van der Waals surface area contributed by atoms with Crippen LogP contribution in [-0.2, 0) is 4.79 Å². The number of carbonyl (C=O) groups excluding carboxylic acids is 1. The van der Waals surface area contributed by atoms with Crippen molar-refractivity contribution in [2.75, 3.05) is 6.54 Å². The number of nitrogens with two attached hydrogens (primary N) is 1. The molecule has 0 aromatic carbocycles. The average molecular weight is 214 g/mol. The van der Waals surface area contributed by atoms with Gasteiger partial charge in [0, 0.05) is 12.0 Å². The Morgan fingerprint density at radius 2 is 1.80 bits per heavy atom. The molecule has 0 atom stereocenters. The number of nitrogens with one attached hydrogen (secondary N) is 1. The molecule has 0 radical (unpaired) electrons. The Balaban J connectivity index is 3.44. The number of hydrogen-bond donors (Lipinski definition) is 2. The first-order valence-corrected chi connectivity index (χ1v) is 6.01. The first kappa shape index (κ1) is 14.4. The lowest BCUT2D eigenvalue weighted by Gasteiger charge is -2.24. The van der Waals surface area contributed by atoms with E-state index in [0.717, 1.165) is 6.54 Å². The molecule has 0 heterocycles. The van der Waals surface area contributed by atoms with Gasteiger partial charge >= 0.3 is 0 Å². The van der Waals surface area contributed by atoms with Crippen LogP contribution in [0.5, 0.6) is 0 Å². The molecule has 0 spiro atoms. The molecule has 0 fully saturated rings. The number of carbonyl (C=O) groups is 1. The summed E-state index contributed by atoms with van der Waals surface area (Å²) < 4.78 is 0. The van der Waals surface area contributed by atoms with E-state index in [1.807, 2.05) is 13.8 Å². The molecular formula is C12H26N2O. The van der Waals surface area contributed by atoms with E-state index in [9.17, 15) is 4.79 Å². The fourth-order valence-electron chi connectivity index (χ4n) is 1.65. The zero-order chi connectivity index (χ0) is 11.7. The molecule has 90 valence electrons. The summed E-state index contributed by atoms with van der Waals surface area (Å²) in [5.74, 6) is -0.238. The molecule has 3 nitrogen and oxygen atoms in total. The Bertz CT molecular complexity index is 178. The highest BCUT2D eigenvalue weighted by atomic mass is 16.1. The zero-order valence-corrected chi connectivity index (χ0v) is 10.4. The van der Waals surface area contributed by atoms with Gasteiger partial charge in [-0.3, -0.25) is 4.79 Å². The largest absolute Gasteiger partial charge is 0.370 e. The second kappa shape index (κ2) is 7.69. The van der Waals surface area contributed by atoms with Crippen molar-refractivity contribution < 1.29 is 4.79 Å². The first-order valence-electron chi connectivity index (χ1n) is 6.01. The zero-order valence-electron chi connectivity index (χ0n) is 10.4. The Morgan fingerprint density at radius 3 is 2.33 bits per heavy atom. The van der Waals surface area contributed by atoms with Gasteiger partial charge in [-0.05, 0) is 26.8 Å². The van der Waals surface area contributed by atoms with Crippen molar-refractivity contribution in [2.45, 2.75) is 64.8 Å². The second-order valence-electron chi connectivity index (χ2n) is 4.87. The Labute approximate surface area is 93.8 Å². The highest BCUT2D eigenvalue weighted by Crippen LogP contribution is 2.08. The second-order valence-corrected chi connectivity index (χ2v) is 4.87. The van der Waals surface area contributed by atoms with E-state index in [4.69, 9.17) is 5.73 Å². The molecule has 0 aromatic rings. The summed E-state index contributed by atoms with van der Waals surface area (Å²) in [5, 5.41) is 3.37.